The Kier molecular flexibility index (Phi) is 7.85. The molecule has 2 heteroatoms. The summed E-state index contributed by atoms with van der Waals surface area (Å²) in [6.07, 6.45) is 0. The first-order valence-corrected chi connectivity index (χ1v) is 21.7. The number of rotatable bonds is 5. The second kappa shape index (κ2) is 13.9. The molecule has 12 aromatic rings. The Morgan fingerprint density at radius 1 is 0.286 bits per heavy atom. The zero-order valence-electron chi connectivity index (χ0n) is 34.3. The predicted molar refractivity (Wildman–Crippen MR) is 263 cm³/mol. The summed E-state index contributed by atoms with van der Waals surface area (Å²) in [6, 6.07) is 84.2. The van der Waals surface area contributed by atoms with Crippen LogP contribution < -0.4 is 0 Å². The van der Waals surface area contributed by atoms with Gasteiger partial charge in [0.25, 0.3) is 0 Å². The zero-order valence-corrected chi connectivity index (χ0v) is 34.3. The van der Waals surface area contributed by atoms with Crippen molar-refractivity contribution in [3.63, 3.8) is 0 Å². The van der Waals surface area contributed by atoms with E-state index in [0.717, 1.165) is 44.3 Å². The zero-order chi connectivity index (χ0) is 41.5. The van der Waals surface area contributed by atoms with Gasteiger partial charge in [-0.15, -0.1) is 0 Å². The van der Waals surface area contributed by atoms with Gasteiger partial charge < -0.3 is 0 Å². The molecule has 0 bridgehead atoms. The highest BCUT2D eigenvalue weighted by atomic mass is 14.8. The Bertz CT molecular complexity index is 3740. The van der Waals surface area contributed by atoms with Crippen LogP contribution >= 0.6 is 0 Å². The molecule has 63 heavy (non-hydrogen) atoms. The Hall–Kier alpha value is -8.20. The minimum Gasteiger partial charge on any atom is -0.245 e. The van der Waals surface area contributed by atoms with E-state index in [1.54, 1.807) is 0 Å². The SMILES string of the molecule is c1ccc(-c2ccc3ccc4ccc(-c5ccc(-c6ccc7c8c(ccc7c6)C(c6ccccc6)(c6ccccc6)c6ccccc6-8)c6cc7ccccc7cc56)nc4c3n2)cc1. The van der Waals surface area contributed by atoms with Crippen LogP contribution in [0.25, 0.3) is 98.9 Å². The molecule has 0 fully saturated rings. The predicted octanol–water partition coefficient (Wildman–Crippen LogP) is 15.6. The number of pyridine rings is 2. The van der Waals surface area contributed by atoms with Crippen molar-refractivity contribution in [3.05, 3.63) is 253 Å². The molecule has 13 rings (SSSR count). The highest BCUT2D eigenvalue weighted by Crippen LogP contribution is 2.58. The Morgan fingerprint density at radius 2 is 0.825 bits per heavy atom. The minimum atomic E-state index is -0.433. The van der Waals surface area contributed by atoms with Crippen LogP contribution in [0.15, 0.2) is 231 Å². The number of hydrogen-bond acceptors (Lipinski definition) is 2. The first-order valence-electron chi connectivity index (χ1n) is 21.7. The highest BCUT2D eigenvalue weighted by Gasteiger charge is 2.46. The largest absolute Gasteiger partial charge is 0.245 e. The highest BCUT2D eigenvalue weighted by molar-refractivity contribution is 6.13. The summed E-state index contributed by atoms with van der Waals surface area (Å²) in [5, 5.41) is 9.44. The lowest BCUT2D eigenvalue weighted by Crippen LogP contribution is -2.28. The fraction of sp³-hybridized carbons (Fsp3) is 0.0164. The third kappa shape index (κ3) is 5.38. The van der Waals surface area contributed by atoms with Crippen molar-refractivity contribution >= 4 is 54.1 Å². The summed E-state index contributed by atoms with van der Waals surface area (Å²) in [7, 11) is 0. The Morgan fingerprint density at radius 3 is 1.52 bits per heavy atom. The second-order valence-electron chi connectivity index (χ2n) is 16.8. The monoisotopic (exact) mass is 798 g/mol. The molecular weight excluding hydrogens is 761 g/mol. The van der Waals surface area contributed by atoms with Crippen molar-refractivity contribution < 1.29 is 0 Å². The molecule has 1 aliphatic rings. The molecule has 292 valence electrons. The van der Waals surface area contributed by atoms with Crippen LogP contribution in [-0.4, -0.2) is 9.97 Å². The lowest BCUT2D eigenvalue weighted by atomic mass is 9.67. The van der Waals surface area contributed by atoms with Gasteiger partial charge in [-0.25, -0.2) is 9.97 Å². The molecule has 0 saturated heterocycles. The lowest BCUT2D eigenvalue weighted by molar-refractivity contribution is 0.769. The van der Waals surface area contributed by atoms with Gasteiger partial charge in [0.1, 0.15) is 0 Å². The molecule has 2 aromatic heterocycles. The first-order chi connectivity index (χ1) is 31.2. The van der Waals surface area contributed by atoms with E-state index in [2.05, 4.69) is 224 Å². The maximum absolute atomic E-state index is 5.43. The molecule has 10 aromatic carbocycles. The van der Waals surface area contributed by atoms with Crippen molar-refractivity contribution in [2.45, 2.75) is 5.41 Å². The average molecular weight is 799 g/mol. The van der Waals surface area contributed by atoms with Gasteiger partial charge in [-0.05, 0) is 107 Å². The fourth-order valence-electron chi connectivity index (χ4n) is 10.6. The topological polar surface area (TPSA) is 25.8 Å². The third-order valence-electron chi connectivity index (χ3n) is 13.5. The smallest absolute Gasteiger partial charge is 0.0972 e. The van der Waals surface area contributed by atoms with Gasteiger partial charge in [-0.3, -0.25) is 0 Å². The molecule has 0 amide bonds. The summed E-state index contributed by atoms with van der Waals surface area (Å²) >= 11 is 0. The summed E-state index contributed by atoms with van der Waals surface area (Å²) in [4.78, 5) is 10.6. The van der Waals surface area contributed by atoms with Crippen molar-refractivity contribution in [3.8, 4) is 44.8 Å². The summed E-state index contributed by atoms with van der Waals surface area (Å²) in [5.41, 5.74) is 15.7. The van der Waals surface area contributed by atoms with Crippen molar-refractivity contribution in [2.24, 2.45) is 0 Å². The van der Waals surface area contributed by atoms with E-state index in [-0.39, 0.29) is 0 Å². The van der Waals surface area contributed by atoms with E-state index >= 15 is 0 Å². The van der Waals surface area contributed by atoms with Crippen LogP contribution in [0.3, 0.4) is 0 Å². The van der Waals surface area contributed by atoms with Gasteiger partial charge in [0.2, 0.25) is 0 Å². The summed E-state index contributed by atoms with van der Waals surface area (Å²) < 4.78 is 0. The van der Waals surface area contributed by atoms with Crippen LogP contribution in [0.4, 0.5) is 0 Å². The van der Waals surface area contributed by atoms with Crippen molar-refractivity contribution in [2.75, 3.05) is 0 Å². The third-order valence-corrected chi connectivity index (χ3v) is 13.5. The lowest BCUT2D eigenvalue weighted by Gasteiger charge is -2.33. The molecule has 0 unspecified atom stereocenters. The molecule has 0 radical (unpaired) electrons. The van der Waals surface area contributed by atoms with E-state index in [4.69, 9.17) is 9.97 Å². The van der Waals surface area contributed by atoms with Gasteiger partial charge in [-0.1, -0.05) is 200 Å². The van der Waals surface area contributed by atoms with Crippen LogP contribution in [0.2, 0.25) is 0 Å². The summed E-state index contributed by atoms with van der Waals surface area (Å²) in [6.45, 7) is 0. The maximum Gasteiger partial charge on any atom is 0.0972 e. The van der Waals surface area contributed by atoms with Crippen LogP contribution in [0, 0.1) is 0 Å². The number of hydrogen-bond donors (Lipinski definition) is 0. The van der Waals surface area contributed by atoms with Crippen molar-refractivity contribution in [1.29, 1.82) is 0 Å². The second-order valence-corrected chi connectivity index (χ2v) is 16.8. The van der Waals surface area contributed by atoms with Gasteiger partial charge in [0, 0.05) is 21.9 Å². The number of aromatic nitrogens is 2. The van der Waals surface area contributed by atoms with Crippen LogP contribution in [-0.2, 0) is 5.41 Å². The molecule has 0 aliphatic heterocycles. The minimum absolute atomic E-state index is 0.433. The average Bonchev–Trinajstić information content (AvgIpc) is 3.67. The van der Waals surface area contributed by atoms with Gasteiger partial charge in [0.15, 0.2) is 0 Å². The molecule has 0 atom stereocenters. The molecule has 0 N–H and O–H groups in total. The van der Waals surface area contributed by atoms with Crippen LogP contribution in [0.1, 0.15) is 22.3 Å². The molecule has 0 saturated carbocycles. The molecule has 0 spiro atoms. The van der Waals surface area contributed by atoms with E-state index in [1.165, 1.54) is 76.8 Å². The molecular formula is C61H38N2. The van der Waals surface area contributed by atoms with Crippen LogP contribution in [0.5, 0.6) is 0 Å². The number of nitrogens with zero attached hydrogens (tertiary/aromatic N) is 2. The van der Waals surface area contributed by atoms with Gasteiger partial charge >= 0.3 is 0 Å². The van der Waals surface area contributed by atoms with Gasteiger partial charge in [-0.2, -0.15) is 0 Å². The standard InChI is InChI=1S/C61H38N2/c1-4-14-39(15-5-1)56-34-28-40-24-25-41-29-35-57(63-60(41)59(40)62-56)50-32-31-48(52-37-42-16-10-11-17-43(42)38-53(50)52)44-26-30-49-45(36-44)27-33-55-58(49)51-22-12-13-23-54(51)61(55,46-18-6-2-7-19-46)47-20-8-3-9-21-47/h1-38H. The van der Waals surface area contributed by atoms with Gasteiger partial charge in [0.05, 0.1) is 27.8 Å². The normalized spacial score (nSPS) is 12.9. The quantitative estimate of drug-likeness (QED) is 0.128. The molecule has 2 heterocycles. The Labute approximate surface area is 365 Å². The van der Waals surface area contributed by atoms with E-state index in [1.807, 2.05) is 6.07 Å². The summed E-state index contributed by atoms with van der Waals surface area (Å²) in [5.74, 6) is 0. The fourth-order valence-corrected chi connectivity index (χ4v) is 10.6. The Balaban J connectivity index is 0.999. The number of fused-ring (bicyclic) bond motifs is 10. The van der Waals surface area contributed by atoms with E-state index in [0.29, 0.717) is 0 Å². The maximum atomic E-state index is 5.43. The first kappa shape index (κ1) is 35.5. The van der Waals surface area contributed by atoms with E-state index < -0.39 is 5.41 Å². The molecule has 1 aliphatic carbocycles. The molecule has 2 nitrogen and oxygen atoms in total. The number of benzene rings is 10. The van der Waals surface area contributed by atoms with E-state index in [9.17, 15) is 0 Å². The van der Waals surface area contributed by atoms with Crippen molar-refractivity contribution in [1.82, 2.24) is 9.97 Å².